The van der Waals surface area contributed by atoms with Gasteiger partial charge >= 0.3 is 21.1 Å². The molecule has 4 aromatic heterocycles. The molecule has 276 valence electrons. The molecule has 5 heterocycles. The standard InChI is InChI=1S/C50H30N4O2Si.Pt/c1-3-15-36(16-4-1)57(37-17-5-2-6-18-37)46-23-10-9-22-44(46)56-45-27-26-40-41-20-12-28-51-50(41)54(47(40)48(45)57)33-13-11-14-34(31-33)55-35-24-25-38-39-19-7-8-21-43(39)53-30-29-52-49(53)42(38)32-35;/h1-30H;/q-2;+2. The maximum Gasteiger partial charge on any atom is 2.00 e. The number of ether oxygens (including phenoxy) is 2. The summed E-state index contributed by atoms with van der Waals surface area (Å²) in [5, 5.41) is 10.2. The zero-order valence-corrected chi connectivity index (χ0v) is 34.0. The Morgan fingerprint density at radius 3 is 2.09 bits per heavy atom. The van der Waals surface area contributed by atoms with Crippen LogP contribution in [0.25, 0.3) is 54.9 Å². The molecular weight excluding hydrogens is 912 g/mol. The first-order valence-corrected chi connectivity index (χ1v) is 21.0. The Bertz CT molecular complexity index is 3340. The number of imidazole rings is 1. The Hall–Kier alpha value is -6.79. The van der Waals surface area contributed by atoms with Gasteiger partial charge in [-0.05, 0) is 57.3 Å². The van der Waals surface area contributed by atoms with E-state index in [1.54, 1.807) is 0 Å². The molecule has 0 spiro atoms. The maximum absolute atomic E-state index is 6.92. The van der Waals surface area contributed by atoms with Crippen LogP contribution in [0.4, 0.5) is 0 Å². The van der Waals surface area contributed by atoms with Gasteiger partial charge in [-0.2, -0.15) is 6.07 Å². The topological polar surface area (TPSA) is 53.6 Å². The van der Waals surface area contributed by atoms with Gasteiger partial charge in [0.25, 0.3) is 0 Å². The van der Waals surface area contributed by atoms with E-state index in [-0.39, 0.29) is 21.1 Å². The van der Waals surface area contributed by atoms with Crippen LogP contribution in [0.2, 0.25) is 0 Å². The Kier molecular flexibility index (Phi) is 7.97. The Morgan fingerprint density at radius 1 is 0.534 bits per heavy atom. The van der Waals surface area contributed by atoms with Gasteiger partial charge in [0.05, 0.1) is 11.2 Å². The third-order valence-corrected chi connectivity index (χ3v) is 16.3. The Balaban J connectivity index is 0.00000385. The molecule has 0 atom stereocenters. The van der Waals surface area contributed by atoms with E-state index in [2.05, 4.69) is 161 Å². The molecule has 1 aliphatic rings. The minimum absolute atomic E-state index is 0. The van der Waals surface area contributed by atoms with E-state index in [0.29, 0.717) is 11.5 Å². The molecule has 0 saturated carbocycles. The van der Waals surface area contributed by atoms with Crippen LogP contribution in [0.5, 0.6) is 23.0 Å². The number of benzene rings is 7. The normalized spacial score (nSPS) is 13.0. The van der Waals surface area contributed by atoms with Crippen molar-refractivity contribution in [3.8, 4) is 28.7 Å². The SMILES string of the molecule is [Pt+2].[c-]1c(Oc2[c-]c3c(cc2)c2ccccc2n2ccnc32)cccc1-n1c2ncccc2c2ccc3c(c21)[Si](c1ccccc1)(c1ccccc1)c1ccccc1O3. The van der Waals surface area contributed by atoms with Crippen molar-refractivity contribution < 1.29 is 30.5 Å². The number of nitrogens with zero attached hydrogens (tertiary/aromatic N) is 4. The minimum atomic E-state index is -3.04. The fourth-order valence-corrected chi connectivity index (χ4v) is 14.3. The van der Waals surface area contributed by atoms with Gasteiger partial charge in [0.2, 0.25) is 0 Å². The van der Waals surface area contributed by atoms with Gasteiger partial charge in [-0.3, -0.25) is 4.98 Å². The average Bonchev–Trinajstić information content (AvgIpc) is 3.91. The summed E-state index contributed by atoms with van der Waals surface area (Å²) in [5.74, 6) is 2.88. The van der Waals surface area contributed by atoms with E-state index >= 15 is 0 Å². The molecule has 0 fully saturated rings. The first kappa shape index (κ1) is 34.5. The summed E-state index contributed by atoms with van der Waals surface area (Å²) >= 11 is 0. The van der Waals surface area contributed by atoms with E-state index in [9.17, 15) is 0 Å². The van der Waals surface area contributed by atoms with Crippen molar-refractivity contribution in [1.82, 2.24) is 18.9 Å². The molecule has 0 unspecified atom stereocenters. The number of fused-ring (bicyclic) bond motifs is 12. The third-order valence-electron chi connectivity index (χ3n) is 11.4. The summed E-state index contributed by atoms with van der Waals surface area (Å²) in [6.07, 6.45) is 5.68. The number of aromatic nitrogens is 4. The van der Waals surface area contributed by atoms with Gasteiger partial charge in [0.1, 0.15) is 17.1 Å². The van der Waals surface area contributed by atoms with E-state index in [0.717, 1.165) is 66.4 Å². The molecule has 0 amide bonds. The number of para-hydroxylation sites is 2. The monoisotopic (exact) mass is 941 g/mol. The van der Waals surface area contributed by atoms with Gasteiger partial charge in [-0.25, -0.2) is 4.98 Å². The fraction of sp³-hybridized carbons (Fsp3) is 0. The first-order valence-electron chi connectivity index (χ1n) is 19.0. The number of pyridine rings is 2. The van der Waals surface area contributed by atoms with Gasteiger partial charge < -0.3 is 18.4 Å². The molecule has 0 N–H and O–H groups in total. The third kappa shape index (κ3) is 4.94. The van der Waals surface area contributed by atoms with Crippen molar-refractivity contribution in [2.75, 3.05) is 0 Å². The second kappa shape index (κ2) is 13.4. The summed E-state index contributed by atoms with van der Waals surface area (Å²) in [7, 11) is -3.04. The predicted molar refractivity (Wildman–Crippen MR) is 230 cm³/mol. The van der Waals surface area contributed by atoms with Crippen molar-refractivity contribution in [2.24, 2.45) is 0 Å². The van der Waals surface area contributed by atoms with Crippen LogP contribution in [0.15, 0.2) is 182 Å². The smallest absolute Gasteiger partial charge is 0.503 e. The van der Waals surface area contributed by atoms with Crippen LogP contribution in [0.1, 0.15) is 0 Å². The number of hydrogen-bond acceptors (Lipinski definition) is 4. The van der Waals surface area contributed by atoms with Gasteiger partial charge in [0, 0.05) is 51.6 Å². The van der Waals surface area contributed by atoms with Crippen LogP contribution < -0.4 is 30.2 Å². The van der Waals surface area contributed by atoms with Crippen LogP contribution in [0.3, 0.4) is 0 Å². The van der Waals surface area contributed by atoms with Crippen molar-refractivity contribution in [3.05, 3.63) is 195 Å². The Morgan fingerprint density at radius 2 is 1.24 bits per heavy atom. The quantitative estimate of drug-likeness (QED) is 0.0983. The largest absolute Gasteiger partial charge is 2.00 e. The molecule has 6 nitrogen and oxygen atoms in total. The minimum Gasteiger partial charge on any atom is -0.503 e. The first-order chi connectivity index (χ1) is 28.3. The molecule has 0 radical (unpaired) electrons. The Labute approximate surface area is 348 Å². The van der Waals surface area contributed by atoms with Crippen molar-refractivity contribution in [2.45, 2.75) is 0 Å². The summed E-state index contributed by atoms with van der Waals surface area (Å²) < 4.78 is 17.9. The zero-order chi connectivity index (χ0) is 37.5. The second-order valence-electron chi connectivity index (χ2n) is 14.4. The zero-order valence-electron chi connectivity index (χ0n) is 30.7. The van der Waals surface area contributed by atoms with E-state index in [1.165, 1.54) is 20.7 Å². The molecular formula is C50H30N4O2PtSi. The van der Waals surface area contributed by atoms with Gasteiger partial charge in [-0.15, -0.1) is 30.3 Å². The van der Waals surface area contributed by atoms with Crippen LogP contribution in [-0.4, -0.2) is 27.0 Å². The number of hydrogen-bond donors (Lipinski definition) is 0. The summed E-state index contributed by atoms with van der Waals surface area (Å²) in [5.41, 5.74) is 4.63. The summed E-state index contributed by atoms with van der Waals surface area (Å²) in [6, 6.07) is 64.7. The fourth-order valence-electron chi connectivity index (χ4n) is 9.13. The van der Waals surface area contributed by atoms with Crippen LogP contribution >= 0.6 is 0 Å². The molecule has 1 aliphatic heterocycles. The molecule has 0 bridgehead atoms. The molecule has 58 heavy (non-hydrogen) atoms. The molecule has 12 rings (SSSR count). The molecule has 11 aromatic rings. The number of rotatable bonds is 5. The average molecular weight is 942 g/mol. The van der Waals surface area contributed by atoms with E-state index < -0.39 is 8.07 Å². The van der Waals surface area contributed by atoms with Crippen LogP contribution in [0, 0.1) is 12.1 Å². The van der Waals surface area contributed by atoms with Crippen LogP contribution in [-0.2, 0) is 21.1 Å². The molecule has 0 saturated heterocycles. The molecule has 0 aliphatic carbocycles. The van der Waals surface area contributed by atoms with E-state index in [4.69, 9.17) is 19.4 Å². The van der Waals surface area contributed by atoms with Gasteiger partial charge in [-0.1, -0.05) is 120 Å². The maximum atomic E-state index is 6.92. The predicted octanol–water partition coefficient (Wildman–Crippen LogP) is 9.01. The second-order valence-corrected chi connectivity index (χ2v) is 18.1. The molecule has 8 heteroatoms. The summed E-state index contributed by atoms with van der Waals surface area (Å²) in [6.45, 7) is 0. The summed E-state index contributed by atoms with van der Waals surface area (Å²) in [4.78, 5) is 9.75. The van der Waals surface area contributed by atoms with Crippen molar-refractivity contribution >= 4 is 78.1 Å². The van der Waals surface area contributed by atoms with Crippen molar-refractivity contribution in [1.29, 1.82) is 0 Å². The molecule has 7 aromatic carbocycles. The van der Waals surface area contributed by atoms with Crippen molar-refractivity contribution in [3.63, 3.8) is 0 Å². The van der Waals surface area contributed by atoms with Gasteiger partial charge in [0.15, 0.2) is 8.07 Å². The van der Waals surface area contributed by atoms with E-state index in [1.807, 2.05) is 42.9 Å².